The molecule has 1 N–H and O–H groups in total. The summed E-state index contributed by atoms with van der Waals surface area (Å²) in [6.07, 6.45) is 1.11. The van der Waals surface area contributed by atoms with Gasteiger partial charge in [-0.1, -0.05) is 60.7 Å². The highest BCUT2D eigenvalue weighted by Crippen LogP contribution is 2.20. The van der Waals surface area contributed by atoms with E-state index in [1.54, 1.807) is 0 Å². The van der Waals surface area contributed by atoms with Crippen molar-refractivity contribution in [3.8, 4) is 0 Å². The maximum Gasteiger partial charge on any atom is 0.491 e. The molecular formula is C20H17BO3. The first kappa shape index (κ1) is 15.1. The predicted molar refractivity (Wildman–Crippen MR) is 95.7 cm³/mol. The fourth-order valence-electron chi connectivity index (χ4n) is 3.33. The van der Waals surface area contributed by atoms with Gasteiger partial charge in [0.15, 0.2) is 5.78 Å². The quantitative estimate of drug-likeness (QED) is 0.597. The van der Waals surface area contributed by atoms with Crippen LogP contribution in [-0.2, 0) is 17.5 Å². The minimum atomic E-state index is -0.888. The number of fused-ring (bicyclic) bond motifs is 2. The fraction of sp³-hybridized carbons (Fsp3) is 0.150. The molecule has 0 aromatic heterocycles. The Balaban J connectivity index is 1.65. The smallest absolute Gasteiger partial charge is 0.423 e. The van der Waals surface area contributed by atoms with Crippen molar-refractivity contribution < 1.29 is 14.5 Å². The maximum absolute atomic E-state index is 12.8. The molecule has 4 rings (SSSR count). The summed E-state index contributed by atoms with van der Waals surface area (Å²) in [5.41, 5.74) is 3.51. The SMILES string of the molecule is O=C(Cc1ccc2c(c1)B(O)OCC2)c1cccc2ccccc12. The summed E-state index contributed by atoms with van der Waals surface area (Å²) in [6.45, 7) is 0.530. The van der Waals surface area contributed by atoms with E-state index in [1.165, 1.54) is 0 Å². The fourth-order valence-corrected chi connectivity index (χ4v) is 3.33. The van der Waals surface area contributed by atoms with Crippen LogP contribution in [0.1, 0.15) is 21.5 Å². The topological polar surface area (TPSA) is 46.5 Å². The zero-order valence-corrected chi connectivity index (χ0v) is 13.2. The molecule has 3 aromatic rings. The molecule has 0 radical (unpaired) electrons. The summed E-state index contributed by atoms with van der Waals surface area (Å²) in [6, 6.07) is 19.6. The van der Waals surface area contributed by atoms with Gasteiger partial charge in [0.25, 0.3) is 0 Å². The lowest BCUT2D eigenvalue weighted by atomic mass is 9.72. The molecular weight excluding hydrogens is 299 g/mol. The highest BCUT2D eigenvalue weighted by Gasteiger charge is 2.25. The van der Waals surface area contributed by atoms with Crippen molar-refractivity contribution in [1.82, 2.24) is 0 Å². The zero-order chi connectivity index (χ0) is 16.5. The largest absolute Gasteiger partial charge is 0.491 e. The lowest BCUT2D eigenvalue weighted by Gasteiger charge is -2.19. The van der Waals surface area contributed by atoms with Crippen molar-refractivity contribution in [1.29, 1.82) is 0 Å². The number of benzene rings is 3. The highest BCUT2D eigenvalue weighted by molar-refractivity contribution is 6.60. The molecule has 0 atom stereocenters. The molecule has 4 heteroatoms. The monoisotopic (exact) mass is 316 g/mol. The normalized spacial score (nSPS) is 13.8. The number of hydrogen-bond acceptors (Lipinski definition) is 3. The third-order valence-electron chi connectivity index (χ3n) is 4.58. The molecule has 0 amide bonds. The standard InChI is InChI=1S/C20H17BO3/c22-20(18-7-3-5-15-4-1-2-6-17(15)18)13-14-8-9-16-10-11-24-21(23)19(16)12-14/h1-9,12,23H,10-11,13H2. The molecule has 0 bridgehead atoms. The van der Waals surface area contributed by atoms with Crippen LogP contribution in [-0.4, -0.2) is 24.5 Å². The van der Waals surface area contributed by atoms with E-state index < -0.39 is 7.12 Å². The molecule has 1 aliphatic rings. The summed E-state index contributed by atoms with van der Waals surface area (Å²) in [7, 11) is -0.888. The van der Waals surface area contributed by atoms with E-state index in [2.05, 4.69) is 0 Å². The Morgan fingerprint density at radius 2 is 1.92 bits per heavy atom. The van der Waals surface area contributed by atoms with Gasteiger partial charge in [-0.2, -0.15) is 0 Å². The third-order valence-corrected chi connectivity index (χ3v) is 4.58. The Kier molecular flexibility index (Phi) is 3.93. The third kappa shape index (κ3) is 2.75. The molecule has 24 heavy (non-hydrogen) atoms. The number of carbonyl (C=O) groups is 1. The van der Waals surface area contributed by atoms with Crippen molar-refractivity contribution in [3.05, 3.63) is 77.4 Å². The number of Topliss-reactive ketones (excluding diaryl/α,β-unsaturated/α-hetero) is 1. The van der Waals surface area contributed by atoms with Crippen molar-refractivity contribution in [2.24, 2.45) is 0 Å². The van der Waals surface area contributed by atoms with E-state index in [0.717, 1.165) is 39.3 Å². The van der Waals surface area contributed by atoms with Gasteiger partial charge in [-0.3, -0.25) is 4.79 Å². The van der Waals surface area contributed by atoms with Crippen LogP contribution in [0.25, 0.3) is 10.8 Å². The average molecular weight is 316 g/mol. The maximum atomic E-state index is 12.8. The second kappa shape index (κ2) is 6.23. The minimum absolute atomic E-state index is 0.0815. The molecule has 0 spiro atoms. The van der Waals surface area contributed by atoms with Crippen LogP contribution >= 0.6 is 0 Å². The van der Waals surface area contributed by atoms with Crippen LogP contribution in [0.5, 0.6) is 0 Å². The van der Waals surface area contributed by atoms with E-state index in [4.69, 9.17) is 4.65 Å². The molecule has 3 nitrogen and oxygen atoms in total. The zero-order valence-electron chi connectivity index (χ0n) is 13.2. The van der Waals surface area contributed by atoms with Crippen LogP contribution in [0.3, 0.4) is 0 Å². The second-order valence-corrected chi connectivity index (χ2v) is 6.13. The summed E-state index contributed by atoms with van der Waals surface area (Å²) < 4.78 is 5.28. The highest BCUT2D eigenvalue weighted by atomic mass is 16.5. The average Bonchev–Trinajstić information content (AvgIpc) is 2.62. The van der Waals surface area contributed by atoms with Gasteiger partial charge in [-0.15, -0.1) is 0 Å². The van der Waals surface area contributed by atoms with Crippen LogP contribution in [0.15, 0.2) is 60.7 Å². The Morgan fingerprint density at radius 1 is 1.08 bits per heavy atom. The summed E-state index contributed by atoms with van der Waals surface area (Å²) in [5.74, 6) is 0.0815. The lowest BCUT2D eigenvalue weighted by Crippen LogP contribution is -2.41. The molecule has 118 valence electrons. The van der Waals surface area contributed by atoms with Crippen molar-refractivity contribution >= 4 is 29.1 Å². The molecule has 3 aromatic carbocycles. The van der Waals surface area contributed by atoms with Gasteiger partial charge in [0.2, 0.25) is 0 Å². The first-order valence-electron chi connectivity index (χ1n) is 8.15. The number of carbonyl (C=O) groups excluding carboxylic acids is 1. The van der Waals surface area contributed by atoms with Crippen molar-refractivity contribution in [3.63, 3.8) is 0 Å². The van der Waals surface area contributed by atoms with Gasteiger partial charge in [0, 0.05) is 18.6 Å². The number of rotatable bonds is 3. The second-order valence-electron chi connectivity index (χ2n) is 6.13. The van der Waals surface area contributed by atoms with E-state index >= 15 is 0 Å². The van der Waals surface area contributed by atoms with Gasteiger partial charge < -0.3 is 9.68 Å². The van der Waals surface area contributed by atoms with Crippen LogP contribution in [0.2, 0.25) is 0 Å². The van der Waals surface area contributed by atoms with Gasteiger partial charge in [0.05, 0.1) is 0 Å². The molecule has 0 saturated carbocycles. The Labute approximate surface area is 141 Å². The number of hydrogen-bond donors (Lipinski definition) is 1. The minimum Gasteiger partial charge on any atom is -0.423 e. The van der Waals surface area contributed by atoms with Gasteiger partial charge in [0.1, 0.15) is 0 Å². The first-order valence-corrected chi connectivity index (χ1v) is 8.15. The van der Waals surface area contributed by atoms with Gasteiger partial charge in [-0.25, -0.2) is 0 Å². The van der Waals surface area contributed by atoms with E-state index in [9.17, 15) is 9.82 Å². The summed E-state index contributed by atoms with van der Waals surface area (Å²) in [4.78, 5) is 12.8. The van der Waals surface area contributed by atoms with E-state index in [0.29, 0.717) is 13.0 Å². The molecule has 0 aliphatic carbocycles. The lowest BCUT2D eigenvalue weighted by molar-refractivity contribution is 0.0994. The molecule has 0 fully saturated rings. The van der Waals surface area contributed by atoms with E-state index in [-0.39, 0.29) is 5.78 Å². The first-order chi connectivity index (χ1) is 11.7. The Morgan fingerprint density at radius 3 is 2.83 bits per heavy atom. The van der Waals surface area contributed by atoms with Crippen LogP contribution < -0.4 is 5.46 Å². The molecule has 0 unspecified atom stereocenters. The molecule has 1 aliphatic heterocycles. The number of ketones is 1. The van der Waals surface area contributed by atoms with Gasteiger partial charge >= 0.3 is 7.12 Å². The Hall–Kier alpha value is -2.43. The van der Waals surface area contributed by atoms with Crippen LogP contribution in [0, 0.1) is 0 Å². The van der Waals surface area contributed by atoms with Crippen LogP contribution in [0.4, 0.5) is 0 Å². The molecule has 1 heterocycles. The Bertz CT molecular complexity index is 914. The van der Waals surface area contributed by atoms with E-state index in [1.807, 2.05) is 60.7 Å². The predicted octanol–water partition coefficient (Wildman–Crippen LogP) is 2.53. The van der Waals surface area contributed by atoms with Crippen molar-refractivity contribution in [2.75, 3.05) is 6.61 Å². The summed E-state index contributed by atoms with van der Waals surface area (Å²) >= 11 is 0. The van der Waals surface area contributed by atoms with Gasteiger partial charge in [-0.05, 0) is 33.8 Å². The van der Waals surface area contributed by atoms with Crippen molar-refractivity contribution in [2.45, 2.75) is 12.8 Å². The summed E-state index contributed by atoms with van der Waals surface area (Å²) in [5, 5.41) is 12.0. The molecule has 0 saturated heterocycles.